The minimum atomic E-state index is -3.76. The van der Waals surface area contributed by atoms with Crippen molar-refractivity contribution in [3.05, 3.63) is 69.8 Å². The molecular formula is C22H28N2O6S. The van der Waals surface area contributed by atoms with Crippen molar-refractivity contribution in [1.29, 1.82) is 0 Å². The molecule has 1 N–H and O–H groups in total. The second kappa shape index (κ2) is 11.6. The molecule has 0 radical (unpaired) electrons. The van der Waals surface area contributed by atoms with Crippen LogP contribution in [0.3, 0.4) is 0 Å². The minimum absolute atomic E-state index is 0.129. The molecule has 2 aromatic carbocycles. The van der Waals surface area contributed by atoms with Crippen LogP contribution in [0.25, 0.3) is 0 Å². The Morgan fingerprint density at radius 2 is 1.71 bits per heavy atom. The fourth-order valence-corrected chi connectivity index (χ4v) is 4.23. The number of esters is 1. The molecule has 0 aliphatic rings. The van der Waals surface area contributed by atoms with Gasteiger partial charge >= 0.3 is 5.97 Å². The lowest BCUT2D eigenvalue weighted by Gasteiger charge is -2.19. The summed E-state index contributed by atoms with van der Waals surface area (Å²) in [7, 11) is -3.76. The zero-order valence-corrected chi connectivity index (χ0v) is 18.6. The summed E-state index contributed by atoms with van der Waals surface area (Å²) in [5.41, 5.74) is 0.986. The number of nitrogens with one attached hydrogen (secondary N) is 1. The normalized spacial score (nSPS) is 12.3. The van der Waals surface area contributed by atoms with Gasteiger partial charge < -0.3 is 4.74 Å². The summed E-state index contributed by atoms with van der Waals surface area (Å²) in [6, 6.07) is 11.0. The molecule has 0 aliphatic carbocycles. The molecule has 0 aliphatic heterocycles. The van der Waals surface area contributed by atoms with E-state index in [1.807, 2.05) is 6.92 Å². The summed E-state index contributed by atoms with van der Waals surface area (Å²) in [5, 5.41) is 10.7. The SMILES string of the molecule is CCCCCC[C@H](COC(=O)c1ccc([N+](=O)[O-])cc1)NS(=O)(=O)c1ccc(C)cc1. The highest BCUT2D eigenvalue weighted by Gasteiger charge is 2.22. The maximum atomic E-state index is 12.7. The van der Waals surface area contributed by atoms with Crippen molar-refractivity contribution in [2.75, 3.05) is 6.61 Å². The van der Waals surface area contributed by atoms with Crippen LogP contribution in [0.1, 0.15) is 54.9 Å². The molecule has 9 heteroatoms. The number of aryl methyl sites for hydroxylation is 1. The quantitative estimate of drug-likeness (QED) is 0.223. The molecule has 2 rings (SSSR count). The van der Waals surface area contributed by atoms with Gasteiger partial charge in [-0.2, -0.15) is 0 Å². The molecule has 8 nitrogen and oxygen atoms in total. The second-order valence-electron chi connectivity index (χ2n) is 7.38. The van der Waals surface area contributed by atoms with Crippen LogP contribution in [0.2, 0.25) is 0 Å². The lowest BCUT2D eigenvalue weighted by atomic mass is 10.1. The Morgan fingerprint density at radius 3 is 2.29 bits per heavy atom. The number of unbranched alkanes of at least 4 members (excludes halogenated alkanes) is 3. The van der Waals surface area contributed by atoms with E-state index in [-0.39, 0.29) is 22.8 Å². The van der Waals surface area contributed by atoms with Crippen LogP contribution in [0.4, 0.5) is 5.69 Å². The summed E-state index contributed by atoms with van der Waals surface area (Å²) in [5.74, 6) is -0.664. The third-order valence-electron chi connectivity index (χ3n) is 4.79. The zero-order valence-electron chi connectivity index (χ0n) is 17.7. The molecule has 0 saturated heterocycles. The molecule has 0 unspecified atom stereocenters. The van der Waals surface area contributed by atoms with Crippen molar-refractivity contribution in [3.8, 4) is 0 Å². The number of non-ortho nitro benzene ring substituents is 1. The van der Waals surface area contributed by atoms with Crippen molar-refractivity contribution in [2.24, 2.45) is 0 Å². The predicted molar refractivity (Wildman–Crippen MR) is 117 cm³/mol. The van der Waals surface area contributed by atoms with Crippen LogP contribution in [0, 0.1) is 17.0 Å². The van der Waals surface area contributed by atoms with Crippen molar-refractivity contribution < 1.29 is 22.9 Å². The Hall–Kier alpha value is -2.78. The largest absolute Gasteiger partial charge is 0.460 e. The first-order chi connectivity index (χ1) is 14.7. The van der Waals surface area contributed by atoms with Crippen LogP contribution in [0.15, 0.2) is 53.4 Å². The summed E-state index contributed by atoms with van der Waals surface area (Å²) >= 11 is 0. The summed E-state index contributed by atoms with van der Waals surface area (Å²) in [4.78, 5) is 22.6. The van der Waals surface area contributed by atoms with E-state index in [1.165, 1.54) is 36.4 Å². The van der Waals surface area contributed by atoms with Gasteiger partial charge in [0.05, 0.1) is 21.4 Å². The van der Waals surface area contributed by atoms with Crippen LogP contribution >= 0.6 is 0 Å². The number of hydrogen-bond acceptors (Lipinski definition) is 6. The summed E-state index contributed by atoms with van der Waals surface area (Å²) in [6.45, 7) is 3.83. The lowest BCUT2D eigenvalue weighted by molar-refractivity contribution is -0.384. The molecule has 0 fully saturated rings. The Kier molecular flexibility index (Phi) is 9.14. The highest BCUT2D eigenvalue weighted by Crippen LogP contribution is 2.15. The van der Waals surface area contributed by atoms with Crippen molar-refractivity contribution in [1.82, 2.24) is 4.72 Å². The third kappa shape index (κ3) is 7.76. The molecule has 31 heavy (non-hydrogen) atoms. The fraction of sp³-hybridized carbons (Fsp3) is 0.409. The van der Waals surface area contributed by atoms with Crippen LogP contribution < -0.4 is 4.72 Å². The number of benzene rings is 2. The maximum absolute atomic E-state index is 12.7. The maximum Gasteiger partial charge on any atom is 0.338 e. The molecule has 0 heterocycles. The Morgan fingerprint density at radius 1 is 1.06 bits per heavy atom. The van der Waals surface area contributed by atoms with Gasteiger partial charge in [0.1, 0.15) is 6.61 Å². The molecule has 0 bridgehead atoms. The van der Waals surface area contributed by atoms with Gasteiger partial charge in [0.2, 0.25) is 10.0 Å². The highest BCUT2D eigenvalue weighted by molar-refractivity contribution is 7.89. The minimum Gasteiger partial charge on any atom is -0.460 e. The molecular weight excluding hydrogens is 420 g/mol. The monoisotopic (exact) mass is 448 g/mol. The number of nitrogens with zero attached hydrogens (tertiary/aromatic N) is 1. The van der Waals surface area contributed by atoms with E-state index in [2.05, 4.69) is 11.6 Å². The predicted octanol–water partition coefficient (Wildman–Crippen LogP) is 4.38. The van der Waals surface area contributed by atoms with Crippen LogP contribution in [-0.2, 0) is 14.8 Å². The van der Waals surface area contributed by atoms with Gasteiger partial charge in [-0.1, -0.05) is 50.3 Å². The first-order valence-corrected chi connectivity index (χ1v) is 11.7. The second-order valence-corrected chi connectivity index (χ2v) is 9.10. The number of ether oxygens (including phenoxy) is 1. The van der Waals surface area contributed by atoms with Crippen LogP contribution in [-0.4, -0.2) is 32.0 Å². The van der Waals surface area contributed by atoms with Crippen molar-refractivity contribution in [2.45, 2.75) is 56.9 Å². The molecule has 0 aromatic heterocycles. The molecule has 2 aromatic rings. The van der Waals surface area contributed by atoms with E-state index in [0.717, 1.165) is 31.2 Å². The first kappa shape index (κ1) is 24.5. The lowest BCUT2D eigenvalue weighted by Crippen LogP contribution is -2.38. The number of carbonyl (C=O) groups excluding carboxylic acids is 1. The molecule has 1 atom stereocenters. The topological polar surface area (TPSA) is 116 Å². The van der Waals surface area contributed by atoms with E-state index in [0.29, 0.717) is 6.42 Å². The van der Waals surface area contributed by atoms with Gasteiger partial charge in [-0.25, -0.2) is 17.9 Å². The van der Waals surface area contributed by atoms with Crippen LogP contribution in [0.5, 0.6) is 0 Å². The highest BCUT2D eigenvalue weighted by atomic mass is 32.2. The van der Waals surface area contributed by atoms with E-state index in [1.54, 1.807) is 12.1 Å². The number of sulfonamides is 1. The Balaban J connectivity index is 2.05. The number of hydrogen-bond donors (Lipinski definition) is 1. The van der Waals surface area contributed by atoms with E-state index in [4.69, 9.17) is 4.74 Å². The third-order valence-corrected chi connectivity index (χ3v) is 6.33. The molecule has 0 spiro atoms. The average molecular weight is 449 g/mol. The smallest absolute Gasteiger partial charge is 0.338 e. The molecule has 0 saturated carbocycles. The Bertz CT molecular complexity index is 972. The van der Waals surface area contributed by atoms with E-state index in [9.17, 15) is 23.3 Å². The Labute approximate surface area is 182 Å². The van der Waals surface area contributed by atoms with E-state index >= 15 is 0 Å². The number of nitro groups is 1. The summed E-state index contributed by atoms with van der Waals surface area (Å²) < 4.78 is 33.4. The number of rotatable bonds is 12. The van der Waals surface area contributed by atoms with Crippen molar-refractivity contribution >= 4 is 21.7 Å². The van der Waals surface area contributed by atoms with Gasteiger partial charge in [0, 0.05) is 12.1 Å². The standard InChI is InChI=1S/C22H28N2O6S/c1-3-4-5-6-7-19(23-31(28,29)21-14-8-17(2)9-15-21)16-30-22(25)18-10-12-20(13-11-18)24(26)27/h8-15,19,23H,3-7,16H2,1-2H3/t19-/m1/s1. The first-order valence-electron chi connectivity index (χ1n) is 10.2. The zero-order chi connectivity index (χ0) is 22.9. The van der Waals surface area contributed by atoms with Gasteiger partial charge in [0.15, 0.2) is 0 Å². The number of carbonyl (C=O) groups is 1. The van der Waals surface area contributed by atoms with Gasteiger partial charge in [0.25, 0.3) is 5.69 Å². The molecule has 168 valence electrons. The fourth-order valence-electron chi connectivity index (χ4n) is 2.98. The summed E-state index contributed by atoms with van der Waals surface area (Å²) in [6.07, 6.45) is 4.37. The van der Waals surface area contributed by atoms with Gasteiger partial charge in [-0.05, 0) is 37.6 Å². The number of nitro benzene ring substituents is 1. The van der Waals surface area contributed by atoms with Gasteiger partial charge in [-0.15, -0.1) is 0 Å². The van der Waals surface area contributed by atoms with Crippen molar-refractivity contribution in [3.63, 3.8) is 0 Å². The average Bonchev–Trinajstić information content (AvgIpc) is 2.74. The molecule has 0 amide bonds. The van der Waals surface area contributed by atoms with Gasteiger partial charge in [-0.3, -0.25) is 10.1 Å². The van der Waals surface area contributed by atoms with E-state index < -0.39 is 27.0 Å².